The van der Waals surface area contributed by atoms with E-state index in [9.17, 15) is 13.2 Å². The topological polar surface area (TPSA) is 101 Å². The minimum absolute atomic E-state index is 0.0177. The highest BCUT2D eigenvalue weighted by atomic mass is 35.5. The highest BCUT2D eigenvalue weighted by Crippen LogP contribution is 2.29. The molecule has 0 aliphatic heterocycles. The lowest BCUT2D eigenvalue weighted by molar-refractivity contribution is 0.102. The van der Waals surface area contributed by atoms with Crippen molar-refractivity contribution in [2.45, 2.75) is 24.2 Å². The Bertz CT molecular complexity index is 1490. The third kappa shape index (κ3) is 5.88. The first kappa shape index (κ1) is 25.3. The smallest absolute Gasteiger partial charge is 0.270 e. The van der Waals surface area contributed by atoms with Crippen LogP contribution in [-0.4, -0.2) is 24.5 Å². The number of halogens is 2. The Balaban J connectivity index is 1.60. The van der Waals surface area contributed by atoms with Gasteiger partial charge < -0.3 is 0 Å². The second-order valence-corrected chi connectivity index (χ2v) is 11.5. The van der Waals surface area contributed by atoms with Crippen LogP contribution >= 0.6 is 34.5 Å². The number of benzene rings is 3. The summed E-state index contributed by atoms with van der Waals surface area (Å²) in [6.45, 7) is 3.92. The van der Waals surface area contributed by atoms with Crippen molar-refractivity contribution >= 4 is 55.6 Å². The maximum atomic E-state index is 13.3. The quantitative estimate of drug-likeness (QED) is 0.286. The van der Waals surface area contributed by atoms with Crippen LogP contribution in [0.1, 0.15) is 38.7 Å². The van der Waals surface area contributed by atoms with E-state index in [2.05, 4.69) is 20.2 Å². The number of anilines is 1. The third-order valence-corrected chi connectivity index (χ3v) is 8.35. The van der Waals surface area contributed by atoms with E-state index in [4.69, 9.17) is 23.2 Å². The summed E-state index contributed by atoms with van der Waals surface area (Å²) >= 11 is 12.7. The highest BCUT2D eigenvalue weighted by molar-refractivity contribution is 7.91. The molecule has 0 spiro atoms. The average molecular weight is 547 g/mol. The fraction of sp³-hybridized carbons (Fsp3) is 0.125. The van der Waals surface area contributed by atoms with Crippen molar-refractivity contribution in [3.63, 3.8) is 0 Å². The monoisotopic (exact) mass is 546 g/mol. The molecule has 0 aliphatic rings. The number of sulfonamides is 1. The van der Waals surface area contributed by atoms with Gasteiger partial charge in [-0.1, -0.05) is 88.6 Å². The Hall–Kier alpha value is -2.82. The maximum absolute atomic E-state index is 13.3. The van der Waals surface area contributed by atoms with Crippen molar-refractivity contribution < 1.29 is 13.2 Å². The summed E-state index contributed by atoms with van der Waals surface area (Å²) < 4.78 is 29.0. The lowest BCUT2D eigenvalue weighted by Crippen LogP contribution is -2.30. The summed E-state index contributed by atoms with van der Waals surface area (Å²) in [7, 11) is -4.08. The fourth-order valence-electron chi connectivity index (χ4n) is 3.52. The van der Waals surface area contributed by atoms with Crippen LogP contribution in [0.15, 0.2) is 71.1 Å². The Morgan fingerprint density at radius 2 is 1.71 bits per heavy atom. The lowest BCUT2D eigenvalue weighted by Gasteiger charge is -2.21. The number of hydrogen-bond acceptors (Lipinski definition) is 6. The van der Waals surface area contributed by atoms with Gasteiger partial charge in [0.05, 0.1) is 16.6 Å². The van der Waals surface area contributed by atoms with E-state index in [1.807, 2.05) is 62.4 Å². The van der Waals surface area contributed by atoms with Gasteiger partial charge in [0.1, 0.15) is 0 Å². The molecule has 35 heavy (non-hydrogen) atoms. The molecule has 0 aliphatic carbocycles. The number of carbonyl (C=O) groups is 1. The van der Waals surface area contributed by atoms with Crippen LogP contribution < -0.4 is 10.0 Å². The van der Waals surface area contributed by atoms with E-state index in [1.165, 1.54) is 18.2 Å². The van der Waals surface area contributed by atoms with Gasteiger partial charge >= 0.3 is 0 Å². The predicted octanol–water partition coefficient (Wildman–Crippen LogP) is 5.78. The summed E-state index contributed by atoms with van der Waals surface area (Å²) in [5, 5.41) is 10.7. The molecule has 2 N–H and O–H groups in total. The number of amides is 1. The highest BCUT2D eigenvalue weighted by Gasteiger charge is 2.27. The van der Waals surface area contributed by atoms with Gasteiger partial charge in [0, 0.05) is 5.02 Å². The number of nitrogens with zero attached hydrogens (tertiary/aromatic N) is 2. The second-order valence-electron chi connectivity index (χ2n) is 7.78. The first-order chi connectivity index (χ1) is 16.6. The van der Waals surface area contributed by atoms with Gasteiger partial charge in [0.25, 0.3) is 15.9 Å². The molecule has 7 nitrogen and oxygen atoms in total. The van der Waals surface area contributed by atoms with Gasteiger partial charge in [0.2, 0.25) is 9.47 Å². The van der Waals surface area contributed by atoms with Crippen LogP contribution in [0.2, 0.25) is 10.0 Å². The molecular weight excluding hydrogens is 527 g/mol. The van der Waals surface area contributed by atoms with E-state index in [-0.39, 0.29) is 20.1 Å². The Morgan fingerprint density at radius 1 is 0.971 bits per heavy atom. The molecule has 0 radical (unpaired) electrons. The zero-order chi connectivity index (χ0) is 25.2. The summed E-state index contributed by atoms with van der Waals surface area (Å²) in [5.41, 5.74) is 3.80. The second kappa shape index (κ2) is 10.4. The zero-order valence-electron chi connectivity index (χ0n) is 18.6. The molecule has 0 fully saturated rings. The minimum Gasteiger partial charge on any atom is -0.296 e. The molecule has 1 amide bonds. The van der Waals surface area contributed by atoms with E-state index >= 15 is 0 Å². The largest absolute Gasteiger partial charge is 0.296 e. The van der Waals surface area contributed by atoms with Crippen molar-refractivity contribution in [1.29, 1.82) is 0 Å². The molecule has 4 rings (SSSR count). The standard InChI is InChI=1S/C24H20Cl2N4O3S2/c1-14-8-10-18(15(2)12-14)21(16-6-4-3-5-7-16)30-35(32,33)24-29-28-23(34-24)27-22(31)19-11-9-17(25)13-20(19)26/h3-13,21,30H,1-2H3,(H,27,28,31)/t21-/m1/s1. The first-order valence-electron chi connectivity index (χ1n) is 10.4. The summed E-state index contributed by atoms with van der Waals surface area (Å²) in [5.74, 6) is -0.558. The molecule has 1 heterocycles. The number of rotatable bonds is 7. The summed E-state index contributed by atoms with van der Waals surface area (Å²) in [6.07, 6.45) is 0. The van der Waals surface area contributed by atoms with Gasteiger partial charge in [-0.05, 0) is 48.7 Å². The number of hydrogen-bond donors (Lipinski definition) is 2. The third-order valence-electron chi connectivity index (χ3n) is 5.17. The summed E-state index contributed by atoms with van der Waals surface area (Å²) in [6, 6.07) is 18.9. The average Bonchev–Trinajstić information content (AvgIpc) is 3.28. The van der Waals surface area contributed by atoms with Crippen LogP contribution in [0.25, 0.3) is 0 Å². The number of nitrogens with one attached hydrogen (secondary N) is 2. The molecule has 0 bridgehead atoms. The van der Waals surface area contributed by atoms with Gasteiger partial charge in [-0.3, -0.25) is 10.1 Å². The molecule has 1 atom stereocenters. The lowest BCUT2D eigenvalue weighted by atomic mass is 9.95. The van der Waals surface area contributed by atoms with Crippen LogP contribution in [0.5, 0.6) is 0 Å². The SMILES string of the molecule is Cc1ccc([C@H](NS(=O)(=O)c2nnc(NC(=O)c3ccc(Cl)cc3Cl)s2)c2ccccc2)c(C)c1. The predicted molar refractivity (Wildman–Crippen MR) is 139 cm³/mol. The normalized spacial score (nSPS) is 12.3. The Kier molecular flexibility index (Phi) is 7.53. The fourth-order valence-corrected chi connectivity index (χ4v) is 6.13. The molecule has 0 saturated heterocycles. The van der Waals surface area contributed by atoms with E-state index in [0.717, 1.165) is 33.6 Å². The van der Waals surface area contributed by atoms with Crippen LogP contribution in [0, 0.1) is 13.8 Å². The number of aryl methyl sites for hydroxylation is 2. The molecule has 11 heteroatoms. The van der Waals surface area contributed by atoms with E-state index < -0.39 is 22.0 Å². The first-order valence-corrected chi connectivity index (χ1v) is 13.4. The van der Waals surface area contributed by atoms with Gasteiger partial charge in [0.15, 0.2) is 0 Å². The van der Waals surface area contributed by atoms with Crippen molar-refractivity contribution in [3.8, 4) is 0 Å². The molecule has 4 aromatic rings. The maximum Gasteiger partial charge on any atom is 0.270 e. The van der Waals surface area contributed by atoms with Crippen LogP contribution in [0.4, 0.5) is 5.13 Å². The Morgan fingerprint density at radius 3 is 2.40 bits per heavy atom. The van der Waals surface area contributed by atoms with Gasteiger partial charge in [-0.2, -0.15) is 4.72 Å². The molecule has 1 aromatic heterocycles. The molecule has 0 saturated carbocycles. The van der Waals surface area contributed by atoms with Crippen LogP contribution in [0.3, 0.4) is 0 Å². The molecule has 3 aromatic carbocycles. The minimum atomic E-state index is -4.08. The molecular formula is C24H20Cl2N4O3S2. The number of aromatic nitrogens is 2. The number of carbonyl (C=O) groups excluding carboxylic acids is 1. The molecule has 180 valence electrons. The van der Waals surface area contributed by atoms with E-state index in [1.54, 1.807) is 0 Å². The van der Waals surface area contributed by atoms with Crippen molar-refractivity contribution in [2.24, 2.45) is 0 Å². The summed E-state index contributed by atoms with van der Waals surface area (Å²) in [4.78, 5) is 12.6. The molecule has 0 unspecified atom stereocenters. The van der Waals surface area contributed by atoms with Gasteiger partial charge in [-0.15, -0.1) is 10.2 Å². The van der Waals surface area contributed by atoms with Crippen LogP contribution in [-0.2, 0) is 10.0 Å². The van der Waals surface area contributed by atoms with Crippen molar-refractivity contribution in [1.82, 2.24) is 14.9 Å². The zero-order valence-corrected chi connectivity index (χ0v) is 21.8. The van der Waals surface area contributed by atoms with E-state index in [0.29, 0.717) is 5.02 Å². The Labute approximate surface area is 217 Å². The van der Waals surface area contributed by atoms with Crippen molar-refractivity contribution in [3.05, 3.63) is 105 Å². The van der Waals surface area contributed by atoms with Crippen molar-refractivity contribution in [2.75, 3.05) is 5.32 Å². The van der Waals surface area contributed by atoms with Gasteiger partial charge in [-0.25, -0.2) is 8.42 Å².